The Morgan fingerprint density at radius 3 is 2.83 bits per heavy atom. The van der Waals surface area contributed by atoms with Crippen molar-refractivity contribution in [2.45, 2.75) is 37.7 Å². The molecule has 0 spiro atoms. The summed E-state index contributed by atoms with van der Waals surface area (Å²) in [5.41, 5.74) is 2.48. The van der Waals surface area contributed by atoms with Gasteiger partial charge in [-0.25, -0.2) is 0 Å². The molecular formula is C19H24N2O3. The number of aromatic nitrogens is 1. The number of carbonyl (C=O) groups excluding carboxylic acids is 1. The number of hydrogen-bond donors (Lipinski definition) is 1. The van der Waals surface area contributed by atoms with Crippen LogP contribution >= 0.6 is 0 Å². The Bertz CT molecular complexity index is 725. The Kier molecular flexibility index (Phi) is 4.19. The molecule has 0 bridgehead atoms. The maximum absolute atomic E-state index is 12.5. The SMILES string of the molecule is COc1ccc2[nH]cc(C3CCN(C(=O)[C@@H]4CCCO4)CC3)c2c1. The van der Waals surface area contributed by atoms with E-state index in [1.165, 1.54) is 10.9 Å². The van der Waals surface area contributed by atoms with Crippen molar-refractivity contribution in [2.75, 3.05) is 26.8 Å². The van der Waals surface area contributed by atoms with Gasteiger partial charge in [-0.1, -0.05) is 0 Å². The fraction of sp³-hybridized carbons (Fsp3) is 0.526. The molecule has 5 heteroatoms. The highest BCUT2D eigenvalue weighted by Gasteiger charge is 2.31. The fourth-order valence-corrected chi connectivity index (χ4v) is 3.97. The maximum atomic E-state index is 12.5. The molecule has 2 fully saturated rings. The molecule has 2 saturated heterocycles. The highest BCUT2D eigenvalue weighted by Crippen LogP contribution is 2.35. The summed E-state index contributed by atoms with van der Waals surface area (Å²) in [5, 5.41) is 1.23. The van der Waals surface area contributed by atoms with E-state index in [4.69, 9.17) is 9.47 Å². The average Bonchev–Trinajstić information content (AvgIpc) is 3.30. The lowest BCUT2D eigenvalue weighted by Gasteiger charge is -2.33. The minimum atomic E-state index is -0.195. The van der Waals surface area contributed by atoms with E-state index >= 15 is 0 Å². The van der Waals surface area contributed by atoms with Crippen LogP contribution in [0.4, 0.5) is 0 Å². The summed E-state index contributed by atoms with van der Waals surface area (Å²) in [4.78, 5) is 17.8. The predicted molar refractivity (Wildman–Crippen MR) is 92.4 cm³/mol. The molecule has 128 valence electrons. The Labute approximate surface area is 141 Å². The van der Waals surface area contributed by atoms with Gasteiger partial charge in [-0.15, -0.1) is 0 Å². The number of nitrogens with zero attached hydrogens (tertiary/aromatic N) is 1. The van der Waals surface area contributed by atoms with E-state index in [0.717, 1.165) is 56.6 Å². The second-order valence-corrected chi connectivity index (χ2v) is 6.76. The molecule has 5 nitrogen and oxygen atoms in total. The van der Waals surface area contributed by atoms with Crippen LogP contribution in [-0.4, -0.2) is 48.7 Å². The maximum Gasteiger partial charge on any atom is 0.251 e. The van der Waals surface area contributed by atoms with Gasteiger partial charge in [0.2, 0.25) is 0 Å². The van der Waals surface area contributed by atoms with Crippen LogP contribution in [0.15, 0.2) is 24.4 Å². The van der Waals surface area contributed by atoms with Crippen molar-refractivity contribution in [3.63, 3.8) is 0 Å². The van der Waals surface area contributed by atoms with E-state index in [-0.39, 0.29) is 12.0 Å². The number of benzene rings is 1. The first kappa shape index (κ1) is 15.5. The first-order chi connectivity index (χ1) is 11.8. The van der Waals surface area contributed by atoms with Crippen molar-refractivity contribution in [3.05, 3.63) is 30.0 Å². The zero-order valence-electron chi connectivity index (χ0n) is 14.1. The molecule has 1 aromatic heterocycles. The molecule has 0 radical (unpaired) electrons. The van der Waals surface area contributed by atoms with Gasteiger partial charge < -0.3 is 19.4 Å². The lowest BCUT2D eigenvalue weighted by Crippen LogP contribution is -2.43. The fourth-order valence-electron chi connectivity index (χ4n) is 3.97. The van der Waals surface area contributed by atoms with E-state index in [1.54, 1.807) is 7.11 Å². The second-order valence-electron chi connectivity index (χ2n) is 6.76. The molecule has 4 rings (SSSR count). The van der Waals surface area contributed by atoms with Gasteiger partial charge in [-0.2, -0.15) is 0 Å². The number of rotatable bonds is 3. The molecule has 24 heavy (non-hydrogen) atoms. The largest absolute Gasteiger partial charge is 0.497 e. The van der Waals surface area contributed by atoms with Crippen LogP contribution in [0.3, 0.4) is 0 Å². The Hall–Kier alpha value is -2.01. The predicted octanol–water partition coefficient (Wildman–Crippen LogP) is 3.06. The summed E-state index contributed by atoms with van der Waals surface area (Å²) in [6.45, 7) is 2.37. The lowest BCUT2D eigenvalue weighted by atomic mass is 9.89. The lowest BCUT2D eigenvalue weighted by molar-refractivity contribution is -0.142. The molecule has 1 atom stereocenters. The minimum Gasteiger partial charge on any atom is -0.497 e. The molecule has 2 aliphatic heterocycles. The monoisotopic (exact) mass is 328 g/mol. The number of ether oxygens (including phenoxy) is 2. The molecule has 3 heterocycles. The van der Waals surface area contributed by atoms with Crippen LogP contribution in [0.2, 0.25) is 0 Å². The van der Waals surface area contributed by atoms with Gasteiger partial charge in [-0.3, -0.25) is 4.79 Å². The van der Waals surface area contributed by atoms with Gasteiger partial charge in [0.1, 0.15) is 11.9 Å². The van der Waals surface area contributed by atoms with Crippen LogP contribution in [0.25, 0.3) is 10.9 Å². The van der Waals surface area contributed by atoms with Crippen LogP contribution in [-0.2, 0) is 9.53 Å². The third-order valence-electron chi connectivity index (χ3n) is 5.37. The number of carbonyl (C=O) groups is 1. The molecule has 0 unspecified atom stereocenters. The highest BCUT2D eigenvalue weighted by molar-refractivity contribution is 5.85. The summed E-state index contributed by atoms with van der Waals surface area (Å²) < 4.78 is 10.9. The summed E-state index contributed by atoms with van der Waals surface area (Å²) in [6.07, 6.45) is 5.81. The number of methoxy groups -OCH3 is 1. The zero-order valence-corrected chi connectivity index (χ0v) is 14.1. The Balaban J connectivity index is 1.46. The summed E-state index contributed by atoms with van der Waals surface area (Å²) >= 11 is 0. The van der Waals surface area contributed by atoms with Gasteiger partial charge in [-0.05, 0) is 55.4 Å². The van der Waals surface area contributed by atoms with Crippen molar-refractivity contribution < 1.29 is 14.3 Å². The van der Waals surface area contributed by atoms with Crippen LogP contribution < -0.4 is 4.74 Å². The number of fused-ring (bicyclic) bond motifs is 1. The van der Waals surface area contributed by atoms with Crippen molar-refractivity contribution in [1.29, 1.82) is 0 Å². The number of aromatic amines is 1. The summed E-state index contributed by atoms with van der Waals surface area (Å²) in [5.74, 6) is 1.56. The third kappa shape index (κ3) is 2.77. The molecule has 1 N–H and O–H groups in total. The van der Waals surface area contributed by atoms with Crippen molar-refractivity contribution in [1.82, 2.24) is 9.88 Å². The van der Waals surface area contributed by atoms with Gasteiger partial charge in [0.15, 0.2) is 0 Å². The highest BCUT2D eigenvalue weighted by atomic mass is 16.5. The number of nitrogens with one attached hydrogen (secondary N) is 1. The molecule has 0 saturated carbocycles. The number of hydrogen-bond acceptors (Lipinski definition) is 3. The summed E-state index contributed by atoms with van der Waals surface area (Å²) in [6, 6.07) is 6.14. The number of amides is 1. The van der Waals surface area contributed by atoms with Crippen LogP contribution in [0, 0.1) is 0 Å². The van der Waals surface area contributed by atoms with Crippen LogP contribution in [0.5, 0.6) is 5.75 Å². The minimum absolute atomic E-state index is 0.187. The number of H-pyrrole nitrogens is 1. The molecule has 1 aromatic carbocycles. The first-order valence-electron chi connectivity index (χ1n) is 8.81. The molecule has 2 aliphatic rings. The Morgan fingerprint density at radius 1 is 1.29 bits per heavy atom. The van der Waals surface area contributed by atoms with Crippen molar-refractivity contribution in [3.8, 4) is 5.75 Å². The van der Waals surface area contributed by atoms with E-state index in [2.05, 4.69) is 23.3 Å². The topological polar surface area (TPSA) is 54.6 Å². The first-order valence-corrected chi connectivity index (χ1v) is 8.81. The number of likely N-dealkylation sites (tertiary alicyclic amines) is 1. The Morgan fingerprint density at radius 2 is 2.12 bits per heavy atom. The summed E-state index contributed by atoms with van der Waals surface area (Å²) in [7, 11) is 1.70. The molecule has 1 amide bonds. The van der Waals surface area contributed by atoms with E-state index < -0.39 is 0 Å². The molecule has 2 aromatic rings. The van der Waals surface area contributed by atoms with Gasteiger partial charge in [0, 0.05) is 36.8 Å². The van der Waals surface area contributed by atoms with Gasteiger partial charge in [0.05, 0.1) is 7.11 Å². The molecule has 0 aliphatic carbocycles. The third-order valence-corrected chi connectivity index (χ3v) is 5.37. The normalized spacial score (nSPS) is 22.2. The second kappa shape index (κ2) is 6.48. The quantitative estimate of drug-likeness (QED) is 0.942. The van der Waals surface area contributed by atoms with Gasteiger partial charge in [0.25, 0.3) is 5.91 Å². The average molecular weight is 328 g/mol. The zero-order chi connectivity index (χ0) is 16.5. The van der Waals surface area contributed by atoms with Gasteiger partial charge >= 0.3 is 0 Å². The number of piperidine rings is 1. The van der Waals surface area contributed by atoms with Crippen molar-refractivity contribution >= 4 is 16.8 Å². The van der Waals surface area contributed by atoms with E-state index in [9.17, 15) is 4.79 Å². The smallest absolute Gasteiger partial charge is 0.251 e. The van der Waals surface area contributed by atoms with E-state index in [0.29, 0.717) is 5.92 Å². The molecular weight excluding hydrogens is 304 g/mol. The van der Waals surface area contributed by atoms with Crippen LogP contribution in [0.1, 0.15) is 37.2 Å². The van der Waals surface area contributed by atoms with E-state index in [1.807, 2.05) is 11.0 Å². The standard InChI is InChI=1S/C19H24N2O3/c1-23-14-4-5-17-15(11-14)16(12-20-17)13-6-8-21(9-7-13)19(22)18-3-2-10-24-18/h4-5,11-13,18,20H,2-3,6-10H2,1H3/t18-/m0/s1. The van der Waals surface area contributed by atoms with Crippen molar-refractivity contribution in [2.24, 2.45) is 0 Å².